The third-order valence-electron chi connectivity index (χ3n) is 4.32. The maximum atomic E-state index is 10.9. The number of carbonyl (C=O) groups is 1. The van der Waals surface area contributed by atoms with Crippen molar-refractivity contribution in [3.8, 4) is 0 Å². The van der Waals surface area contributed by atoms with Crippen LogP contribution in [0.3, 0.4) is 0 Å². The summed E-state index contributed by atoms with van der Waals surface area (Å²) >= 11 is 1.80. The summed E-state index contributed by atoms with van der Waals surface area (Å²) in [7, 11) is 0. The van der Waals surface area contributed by atoms with Crippen LogP contribution in [0.4, 0.5) is 5.13 Å². The Labute approximate surface area is 141 Å². The second kappa shape index (κ2) is 7.27. The fourth-order valence-corrected chi connectivity index (χ4v) is 4.03. The first kappa shape index (κ1) is 16.2. The minimum absolute atomic E-state index is 0.0461. The Morgan fingerprint density at radius 2 is 2.09 bits per heavy atom. The van der Waals surface area contributed by atoms with Crippen molar-refractivity contribution in [2.75, 3.05) is 44.2 Å². The average Bonchev–Trinajstić information content (AvgIpc) is 2.99. The molecular weight excluding hydrogens is 308 g/mol. The van der Waals surface area contributed by atoms with Gasteiger partial charge in [-0.15, -0.1) is 0 Å². The van der Waals surface area contributed by atoms with Crippen molar-refractivity contribution >= 4 is 32.6 Å². The van der Waals surface area contributed by atoms with Crippen molar-refractivity contribution in [1.82, 2.24) is 15.2 Å². The minimum Gasteiger partial charge on any atom is -0.355 e. The van der Waals surface area contributed by atoms with E-state index in [1.807, 2.05) is 0 Å². The van der Waals surface area contributed by atoms with Crippen LogP contribution in [0.2, 0.25) is 0 Å². The smallest absolute Gasteiger partial charge is 0.216 e. The molecule has 1 aliphatic heterocycles. The number of piperazine rings is 1. The highest BCUT2D eigenvalue weighted by atomic mass is 32.1. The zero-order valence-electron chi connectivity index (χ0n) is 13.8. The predicted octanol–water partition coefficient (Wildman–Crippen LogP) is 2.12. The van der Waals surface area contributed by atoms with Crippen molar-refractivity contribution < 1.29 is 4.79 Å². The van der Waals surface area contributed by atoms with E-state index >= 15 is 0 Å². The van der Waals surface area contributed by atoms with Crippen LogP contribution in [0.5, 0.6) is 0 Å². The summed E-state index contributed by atoms with van der Waals surface area (Å²) in [5.41, 5.74) is 2.50. The summed E-state index contributed by atoms with van der Waals surface area (Å²) in [5.74, 6) is 0.0461. The fraction of sp³-hybridized carbons (Fsp3) is 0.529. The molecule has 0 bridgehead atoms. The molecule has 1 aromatic carbocycles. The molecule has 3 rings (SSSR count). The second-order valence-electron chi connectivity index (χ2n) is 5.93. The fourth-order valence-electron chi connectivity index (χ4n) is 2.97. The molecule has 1 N–H and O–H groups in total. The number of nitrogens with zero attached hydrogens (tertiary/aromatic N) is 3. The molecule has 1 fully saturated rings. The minimum atomic E-state index is 0.0461. The van der Waals surface area contributed by atoms with E-state index < -0.39 is 0 Å². The Hall–Kier alpha value is -1.66. The van der Waals surface area contributed by atoms with Gasteiger partial charge >= 0.3 is 0 Å². The van der Waals surface area contributed by atoms with Crippen LogP contribution in [-0.4, -0.2) is 55.1 Å². The SMILES string of the molecule is CCc1cccc2sc(N3CCN(CCNC(C)=O)CC3)nc12. The van der Waals surface area contributed by atoms with Gasteiger partial charge in [0.2, 0.25) is 5.91 Å². The summed E-state index contributed by atoms with van der Waals surface area (Å²) < 4.78 is 1.28. The van der Waals surface area contributed by atoms with E-state index in [-0.39, 0.29) is 5.91 Å². The number of aryl methyl sites for hydroxylation is 1. The molecule has 5 nitrogen and oxygen atoms in total. The molecule has 6 heteroatoms. The van der Waals surface area contributed by atoms with E-state index in [1.54, 1.807) is 18.3 Å². The number of fused-ring (bicyclic) bond motifs is 1. The first-order valence-electron chi connectivity index (χ1n) is 8.27. The van der Waals surface area contributed by atoms with Gasteiger partial charge in [0, 0.05) is 46.2 Å². The van der Waals surface area contributed by atoms with E-state index in [0.29, 0.717) is 0 Å². The number of nitrogens with one attached hydrogen (secondary N) is 1. The first-order chi connectivity index (χ1) is 11.2. The number of carbonyl (C=O) groups excluding carboxylic acids is 1. The zero-order chi connectivity index (χ0) is 16.2. The van der Waals surface area contributed by atoms with Crippen LogP contribution in [0.25, 0.3) is 10.2 Å². The summed E-state index contributed by atoms with van der Waals surface area (Å²) in [5, 5.41) is 4.00. The number of para-hydroxylation sites is 1. The number of hydrogen-bond acceptors (Lipinski definition) is 5. The zero-order valence-corrected chi connectivity index (χ0v) is 14.7. The predicted molar refractivity (Wildman–Crippen MR) is 96.3 cm³/mol. The summed E-state index contributed by atoms with van der Waals surface area (Å²) in [4.78, 5) is 20.6. The van der Waals surface area contributed by atoms with Crippen LogP contribution in [0.15, 0.2) is 18.2 Å². The second-order valence-corrected chi connectivity index (χ2v) is 6.93. The van der Waals surface area contributed by atoms with Gasteiger partial charge in [0.15, 0.2) is 5.13 Å². The van der Waals surface area contributed by atoms with Gasteiger partial charge in [-0.3, -0.25) is 9.69 Å². The van der Waals surface area contributed by atoms with Crippen LogP contribution < -0.4 is 10.2 Å². The Bertz CT molecular complexity index is 676. The van der Waals surface area contributed by atoms with Crippen molar-refractivity contribution in [2.24, 2.45) is 0 Å². The molecule has 0 unspecified atom stereocenters. The van der Waals surface area contributed by atoms with E-state index in [4.69, 9.17) is 4.98 Å². The molecule has 1 aromatic heterocycles. The first-order valence-corrected chi connectivity index (χ1v) is 9.09. The maximum absolute atomic E-state index is 10.9. The van der Waals surface area contributed by atoms with Gasteiger partial charge in [-0.2, -0.15) is 0 Å². The van der Waals surface area contributed by atoms with Gasteiger partial charge in [-0.25, -0.2) is 4.98 Å². The molecule has 124 valence electrons. The number of aromatic nitrogens is 1. The third kappa shape index (κ3) is 3.82. The van der Waals surface area contributed by atoms with Crippen molar-refractivity contribution in [2.45, 2.75) is 20.3 Å². The van der Waals surface area contributed by atoms with Crippen molar-refractivity contribution in [3.63, 3.8) is 0 Å². The van der Waals surface area contributed by atoms with Crippen molar-refractivity contribution in [3.05, 3.63) is 23.8 Å². The highest BCUT2D eigenvalue weighted by Gasteiger charge is 2.20. The lowest BCUT2D eigenvalue weighted by Crippen LogP contribution is -2.48. The molecule has 1 aliphatic rings. The standard InChI is InChI=1S/C17H24N4OS/c1-3-14-5-4-6-15-16(14)19-17(23-15)21-11-9-20(10-12-21)8-7-18-13(2)22/h4-6H,3,7-12H2,1-2H3,(H,18,22). The number of amides is 1. The number of benzene rings is 1. The molecule has 1 amide bonds. The lowest BCUT2D eigenvalue weighted by Gasteiger charge is -2.34. The van der Waals surface area contributed by atoms with E-state index in [0.717, 1.165) is 50.8 Å². The number of rotatable bonds is 5. The topological polar surface area (TPSA) is 48.5 Å². The molecule has 0 radical (unpaired) electrons. The van der Waals surface area contributed by atoms with E-state index in [1.165, 1.54) is 15.8 Å². The van der Waals surface area contributed by atoms with Gasteiger partial charge in [0.05, 0.1) is 10.2 Å². The summed E-state index contributed by atoms with van der Waals surface area (Å²) in [6.45, 7) is 9.45. The molecule has 0 aliphatic carbocycles. The van der Waals surface area contributed by atoms with Gasteiger partial charge in [0.1, 0.15) is 0 Å². The molecule has 2 heterocycles. The van der Waals surface area contributed by atoms with Gasteiger partial charge in [0.25, 0.3) is 0 Å². The Morgan fingerprint density at radius 3 is 2.78 bits per heavy atom. The molecule has 2 aromatic rings. The molecule has 23 heavy (non-hydrogen) atoms. The van der Waals surface area contributed by atoms with Gasteiger partial charge in [-0.05, 0) is 18.1 Å². The van der Waals surface area contributed by atoms with E-state index in [9.17, 15) is 4.79 Å². The normalized spacial score (nSPS) is 16.0. The number of hydrogen-bond donors (Lipinski definition) is 1. The molecule has 0 spiro atoms. The monoisotopic (exact) mass is 332 g/mol. The average molecular weight is 332 g/mol. The Balaban J connectivity index is 1.60. The van der Waals surface area contributed by atoms with Crippen molar-refractivity contribution in [1.29, 1.82) is 0 Å². The number of anilines is 1. The quantitative estimate of drug-likeness (QED) is 0.911. The lowest BCUT2D eigenvalue weighted by atomic mass is 10.1. The van der Waals surface area contributed by atoms with E-state index in [2.05, 4.69) is 40.2 Å². The van der Waals surface area contributed by atoms with Crippen LogP contribution in [0.1, 0.15) is 19.4 Å². The van der Waals surface area contributed by atoms with Gasteiger partial charge < -0.3 is 10.2 Å². The largest absolute Gasteiger partial charge is 0.355 e. The van der Waals surface area contributed by atoms with Crippen LogP contribution in [0, 0.1) is 0 Å². The number of thiazole rings is 1. The maximum Gasteiger partial charge on any atom is 0.216 e. The van der Waals surface area contributed by atoms with Crippen LogP contribution >= 0.6 is 11.3 Å². The molecule has 0 saturated carbocycles. The highest BCUT2D eigenvalue weighted by Crippen LogP contribution is 2.31. The summed E-state index contributed by atoms with van der Waals surface area (Å²) in [6.07, 6.45) is 1.03. The third-order valence-corrected chi connectivity index (χ3v) is 5.40. The van der Waals surface area contributed by atoms with Crippen LogP contribution in [-0.2, 0) is 11.2 Å². The lowest BCUT2D eigenvalue weighted by molar-refractivity contribution is -0.119. The molecule has 1 saturated heterocycles. The summed E-state index contributed by atoms with van der Waals surface area (Å²) in [6, 6.07) is 6.47. The Morgan fingerprint density at radius 1 is 1.30 bits per heavy atom. The molecular formula is C17H24N4OS. The molecule has 0 atom stereocenters. The Kier molecular flexibility index (Phi) is 5.13. The van der Waals surface area contributed by atoms with Gasteiger partial charge in [-0.1, -0.05) is 30.4 Å². The highest BCUT2D eigenvalue weighted by molar-refractivity contribution is 7.22.